The average molecular weight is 594 g/mol. The molecule has 4 aromatic rings. The van der Waals surface area contributed by atoms with Gasteiger partial charge in [-0.3, -0.25) is 0 Å². The Hall–Kier alpha value is -4.47. The van der Waals surface area contributed by atoms with Crippen LogP contribution in [0.2, 0.25) is 0 Å². The molecule has 4 atom stereocenters. The Bertz CT molecular complexity index is 1490. The van der Waals surface area contributed by atoms with Crippen LogP contribution in [0.3, 0.4) is 0 Å². The van der Waals surface area contributed by atoms with E-state index in [4.69, 9.17) is 14.2 Å². The van der Waals surface area contributed by atoms with Gasteiger partial charge < -0.3 is 34.9 Å². The first-order valence-corrected chi connectivity index (χ1v) is 14.7. The van der Waals surface area contributed by atoms with Crippen molar-refractivity contribution in [3.63, 3.8) is 0 Å². The number of hydrogen-bond acceptors (Lipinski definition) is 6. The van der Waals surface area contributed by atoms with Crippen LogP contribution in [0.25, 0.3) is 0 Å². The average Bonchev–Trinajstić information content (AvgIpc) is 3.04. The zero-order valence-electron chi connectivity index (χ0n) is 25.1. The molecule has 2 amide bonds. The summed E-state index contributed by atoms with van der Waals surface area (Å²) in [6.45, 7) is 7.47. The largest absolute Gasteiger partial charge is 0.457 e. The molecule has 3 N–H and O–H groups in total. The van der Waals surface area contributed by atoms with Gasteiger partial charge in [0, 0.05) is 35.9 Å². The first-order valence-electron chi connectivity index (χ1n) is 14.7. The fraction of sp³-hybridized carbons (Fsp3) is 0.250. The molecule has 8 heteroatoms. The van der Waals surface area contributed by atoms with Crippen molar-refractivity contribution in [3.05, 3.63) is 132 Å². The van der Waals surface area contributed by atoms with E-state index in [-0.39, 0.29) is 30.8 Å². The summed E-state index contributed by atoms with van der Waals surface area (Å²) in [6.07, 6.45) is 1.01. The first kappa shape index (κ1) is 31.0. The lowest BCUT2D eigenvalue weighted by Gasteiger charge is -2.42. The van der Waals surface area contributed by atoms with E-state index in [1.54, 1.807) is 24.3 Å². The number of urea groups is 1. The Morgan fingerprint density at radius 2 is 1.45 bits per heavy atom. The minimum atomic E-state index is -0.588. The maximum absolute atomic E-state index is 12.7. The molecule has 0 saturated carbocycles. The normalized spacial score (nSPS) is 19.7. The molecule has 1 aliphatic rings. The Kier molecular flexibility index (Phi) is 10.4. The highest BCUT2D eigenvalue weighted by Crippen LogP contribution is 2.42. The number of likely N-dealkylation sites (N-methyl/N-ethyl adjacent to an activating group) is 1. The molecule has 0 bridgehead atoms. The van der Waals surface area contributed by atoms with Gasteiger partial charge in [-0.25, -0.2) is 4.79 Å². The summed E-state index contributed by atoms with van der Waals surface area (Å²) in [5, 5.41) is 15.2. The van der Waals surface area contributed by atoms with Crippen molar-refractivity contribution >= 4 is 17.4 Å². The number of anilines is 2. The van der Waals surface area contributed by atoms with Gasteiger partial charge >= 0.3 is 6.03 Å². The van der Waals surface area contributed by atoms with Crippen molar-refractivity contribution in [2.75, 3.05) is 30.8 Å². The van der Waals surface area contributed by atoms with Crippen LogP contribution < -0.4 is 15.4 Å². The molecule has 1 aliphatic heterocycles. The third kappa shape index (κ3) is 8.12. The molecule has 0 aromatic heterocycles. The van der Waals surface area contributed by atoms with Gasteiger partial charge in [-0.15, -0.1) is 6.58 Å². The van der Waals surface area contributed by atoms with Crippen LogP contribution in [0.1, 0.15) is 36.0 Å². The molecule has 0 aliphatic carbocycles. The van der Waals surface area contributed by atoms with Crippen LogP contribution in [0.4, 0.5) is 16.2 Å². The minimum absolute atomic E-state index is 0.00350. The third-order valence-corrected chi connectivity index (χ3v) is 7.59. The van der Waals surface area contributed by atoms with Gasteiger partial charge in [-0.05, 0) is 66.7 Å². The van der Waals surface area contributed by atoms with Gasteiger partial charge in [0.1, 0.15) is 11.5 Å². The van der Waals surface area contributed by atoms with Crippen LogP contribution in [-0.2, 0) is 16.1 Å². The number of nitrogens with one attached hydrogen (secondary N) is 2. The Morgan fingerprint density at radius 3 is 2.07 bits per heavy atom. The number of nitrogens with zero attached hydrogens (tertiary/aromatic N) is 1. The predicted octanol–water partition coefficient (Wildman–Crippen LogP) is 7.52. The molecular weight excluding hydrogens is 554 g/mol. The maximum atomic E-state index is 12.7. The first-order chi connectivity index (χ1) is 21.4. The molecule has 4 aromatic carbocycles. The van der Waals surface area contributed by atoms with E-state index < -0.39 is 6.29 Å². The van der Waals surface area contributed by atoms with Gasteiger partial charge in [0.2, 0.25) is 0 Å². The molecule has 0 unspecified atom stereocenters. The smallest absolute Gasteiger partial charge is 0.323 e. The van der Waals surface area contributed by atoms with E-state index in [9.17, 15) is 9.90 Å². The van der Waals surface area contributed by atoms with E-state index in [0.717, 1.165) is 35.5 Å². The number of para-hydroxylation sites is 1. The molecule has 0 spiro atoms. The van der Waals surface area contributed by atoms with E-state index >= 15 is 0 Å². The number of carbonyl (C=O) groups is 1. The summed E-state index contributed by atoms with van der Waals surface area (Å²) in [5.74, 6) is 1.51. The van der Waals surface area contributed by atoms with Gasteiger partial charge in [-0.1, -0.05) is 67.6 Å². The number of rotatable bonds is 11. The molecule has 44 heavy (non-hydrogen) atoms. The second kappa shape index (κ2) is 14.8. The molecule has 1 heterocycles. The summed E-state index contributed by atoms with van der Waals surface area (Å²) in [4.78, 5) is 14.9. The lowest BCUT2D eigenvalue weighted by atomic mass is 9.90. The van der Waals surface area contributed by atoms with E-state index in [1.807, 2.05) is 92.0 Å². The van der Waals surface area contributed by atoms with Gasteiger partial charge in [-0.2, -0.15) is 0 Å². The van der Waals surface area contributed by atoms with Gasteiger partial charge in [0.15, 0.2) is 6.29 Å². The lowest BCUT2D eigenvalue weighted by Crippen LogP contribution is -2.43. The Balaban J connectivity index is 1.22. The van der Waals surface area contributed by atoms with E-state index in [1.165, 1.54) is 0 Å². The van der Waals surface area contributed by atoms with Crippen molar-refractivity contribution in [3.8, 4) is 11.5 Å². The standard InChI is InChI=1S/C36H39N3O5/c1-4-22-39(3)23-33-25(2)34(27-12-10-26(24-40)11-13-27)44-35(43-33)28-14-16-29(17-15-28)37-36(41)38-30-18-20-32(21-19-30)42-31-8-6-5-7-9-31/h4-21,25,33-35,40H,1,22-24H2,2-3H3,(H2,37,38,41)/t25-,33+,34+,35+/m0/s1. The SMILES string of the molecule is C=CCN(C)C[C@H]1O[C@@H](c2ccc(NC(=O)Nc3ccc(Oc4ccccc4)cc3)cc2)O[C@@H](c2ccc(CO)cc2)[C@H]1C. The molecule has 8 nitrogen and oxygen atoms in total. The zero-order chi connectivity index (χ0) is 30.9. The van der Waals surface area contributed by atoms with Crippen molar-refractivity contribution in [2.24, 2.45) is 5.92 Å². The molecule has 0 radical (unpaired) electrons. The lowest BCUT2D eigenvalue weighted by molar-refractivity contribution is -0.275. The fourth-order valence-electron chi connectivity index (χ4n) is 5.18. The number of hydrogen-bond donors (Lipinski definition) is 3. The van der Waals surface area contributed by atoms with E-state index in [2.05, 4.69) is 29.0 Å². The van der Waals surface area contributed by atoms with Crippen LogP contribution in [0, 0.1) is 5.92 Å². The molecular formula is C36H39N3O5. The number of amides is 2. The molecule has 228 valence electrons. The molecule has 5 rings (SSSR count). The second-order valence-corrected chi connectivity index (χ2v) is 11.0. The second-order valence-electron chi connectivity index (χ2n) is 11.0. The number of benzene rings is 4. The topological polar surface area (TPSA) is 92.3 Å². The van der Waals surface area contributed by atoms with Crippen molar-refractivity contribution in [1.29, 1.82) is 0 Å². The van der Waals surface area contributed by atoms with Crippen molar-refractivity contribution in [2.45, 2.75) is 32.0 Å². The highest BCUT2D eigenvalue weighted by molar-refractivity contribution is 5.99. The maximum Gasteiger partial charge on any atom is 0.323 e. The van der Waals surface area contributed by atoms with Crippen LogP contribution >= 0.6 is 0 Å². The third-order valence-electron chi connectivity index (χ3n) is 7.59. The molecule has 1 saturated heterocycles. The summed E-state index contributed by atoms with van der Waals surface area (Å²) in [5.41, 5.74) is 4.02. The Labute approximate surface area is 258 Å². The van der Waals surface area contributed by atoms with Crippen molar-refractivity contribution < 1.29 is 24.1 Å². The number of carbonyl (C=O) groups excluding carboxylic acids is 1. The predicted molar refractivity (Wildman–Crippen MR) is 173 cm³/mol. The highest BCUT2D eigenvalue weighted by atomic mass is 16.7. The summed E-state index contributed by atoms with van der Waals surface area (Å²) >= 11 is 0. The van der Waals surface area contributed by atoms with Gasteiger partial charge in [0.05, 0.1) is 18.8 Å². The molecule has 1 fully saturated rings. The fourth-order valence-corrected chi connectivity index (χ4v) is 5.18. The number of aliphatic hydroxyl groups is 1. The summed E-state index contributed by atoms with van der Waals surface area (Å²) in [6, 6.07) is 31.7. The van der Waals surface area contributed by atoms with Crippen molar-refractivity contribution in [1.82, 2.24) is 4.90 Å². The summed E-state index contributed by atoms with van der Waals surface area (Å²) in [7, 11) is 2.05. The van der Waals surface area contributed by atoms with E-state index in [0.29, 0.717) is 17.1 Å². The van der Waals surface area contributed by atoms with Crippen LogP contribution in [0.5, 0.6) is 11.5 Å². The van der Waals surface area contributed by atoms with Crippen LogP contribution in [-0.4, -0.2) is 42.3 Å². The Morgan fingerprint density at radius 1 is 0.864 bits per heavy atom. The zero-order valence-corrected chi connectivity index (χ0v) is 25.1. The quantitative estimate of drug-likeness (QED) is 0.156. The highest BCUT2D eigenvalue weighted by Gasteiger charge is 2.38. The van der Waals surface area contributed by atoms with Crippen LogP contribution in [0.15, 0.2) is 116 Å². The van der Waals surface area contributed by atoms with Gasteiger partial charge in [0.25, 0.3) is 0 Å². The minimum Gasteiger partial charge on any atom is -0.457 e. The monoisotopic (exact) mass is 593 g/mol. The number of aliphatic hydroxyl groups excluding tert-OH is 1. The number of ether oxygens (including phenoxy) is 3. The summed E-state index contributed by atoms with van der Waals surface area (Å²) < 4.78 is 18.8.